The van der Waals surface area contributed by atoms with Gasteiger partial charge >= 0.3 is 5.97 Å². The van der Waals surface area contributed by atoms with Crippen LogP contribution in [-0.4, -0.2) is 36.4 Å². The van der Waals surface area contributed by atoms with E-state index in [4.69, 9.17) is 4.74 Å². The number of ketones is 1. The number of rotatable bonds is 5. The Morgan fingerprint density at radius 3 is 2.43 bits per heavy atom. The fraction of sp³-hybridized carbons (Fsp3) is 0.500. The fourth-order valence-electron chi connectivity index (χ4n) is 2.63. The molecule has 0 unspecified atom stereocenters. The van der Waals surface area contributed by atoms with Crippen molar-refractivity contribution in [1.82, 2.24) is 0 Å². The van der Waals surface area contributed by atoms with Gasteiger partial charge in [0.15, 0.2) is 5.78 Å². The smallest absolute Gasteiger partial charge is 0.338 e. The lowest BCUT2D eigenvalue weighted by Crippen LogP contribution is -2.25. The molecule has 1 saturated heterocycles. The molecule has 1 aromatic rings. The van der Waals surface area contributed by atoms with Crippen LogP contribution in [0.1, 0.15) is 43.0 Å². The summed E-state index contributed by atoms with van der Waals surface area (Å²) in [4.78, 5) is 35.6. The second kappa shape index (κ2) is 7.71. The van der Waals surface area contributed by atoms with Gasteiger partial charge in [-0.05, 0) is 31.9 Å². The highest BCUT2D eigenvalue weighted by molar-refractivity contribution is 5.93. The second-order valence-electron chi connectivity index (χ2n) is 5.64. The van der Waals surface area contributed by atoms with Gasteiger partial charge in [-0.3, -0.25) is 14.9 Å². The Labute approximate surface area is 134 Å². The van der Waals surface area contributed by atoms with E-state index in [2.05, 4.69) is 0 Å². The Balaban J connectivity index is 2.25. The number of hydrogen-bond acceptors (Lipinski definition) is 6. The number of carbonyl (C=O) groups is 2. The van der Waals surface area contributed by atoms with Crippen LogP contribution in [-0.2, 0) is 9.53 Å². The molecule has 0 saturated carbocycles. The largest absolute Gasteiger partial charge is 0.454 e. The summed E-state index contributed by atoms with van der Waals surface area (Å²) in [7, 11) is 0. The first kappa shape index (κ1) is 16.9. The third kappa shape index (κ3) is 4.51. The highest BCUT2D eigenvalue weighted by Crippen LogP contribution is 2.31. The number of Topliss-reactive ketones (excluding diaryl/α,β-unsaturated/α-hetero) is 1. The lowest BCUT2D eigenvalue weighted by Gasteiger charge is -2.22. The maximum absolute atomic E-state index is 11.9. The first-order valence-corrected chi connectivity index (χ1v) is 7.69. The van der Waals surface area contributed by atoms with Gasteiger partial charge in [0.2, 0.25) is 0 Å². The van der Waals surface area contributed by atoms with E-state index in [1.165, 1.54) is 19.1 Å². The van der Waals surface area contributed by atoms with Crippen LogP contribution in [0.3, 0.4) is 0 Å². The summed E-state index contributed by atoms with van der Waals surface area (Å²) in [6.45, 7) is 2.52. The minimum absolute atomic E-state index is 0.0801. The van der Waals surface area contributed by atoms with Gasteiger partial charge in [0.1, 0.15) is 12.3 Å². The maximum atomic E-state index is 11.9. The van der Waals surface area contributed by atoms with E-state index < -0.39 is 10.9 Å². The zero-order valence-corrected chi connectivity index (χ0v) is 13.1. The summed E-state index contributed by atoms with van der Waals surface area (Å²) in [5.41, 5.74) is 0.501. The topological polar surface area (TPSA) is 89.8 Å². The Kier molecular flexibility index (Phi) is 5.67. The van der Waals surface area contributed by atoms with E-state index in [-0.39, 0.29) is 23.6 Å². The van der Waals surface area contributed by atoms with E-state index in [0.717, 1.165) is 38.8 Å². The first-order chi connectivity index (χ1) is 11.0. The predicted octanol–water partition coefficient (Wildman–Crippen LogP) is 2.72. The Morgan fingerprint density at radius 1 is 1.22 bits per heavy atom. The van der Waals surface area contributed by atoms with E-state index in [1.807, 2.05) is 4.90 Å². The molecular formula is C16H20N2O5. The van der Waals surface area contributed by atoms with Gasteiger partial charge in [-0.1, -0.05) is 12.8 Å². The molecule has 0 spiro atoms. The Hall–Kier alpha value is -2.44. The van der Waals surface area contributed by atoms with Crippen LogP contribution >= 0.6 is 0 Å². The third-order valence-corrected chi connectivity index (χ3v) is 3.76. The summed E-state index contributed by atoms with van der Waals surface area (Å²) in [5, 5.41) is 11.4. The van der Waals surface area contributed by atoms with Crippen molar-refractivity contribution in [3.63, 3.8) is 0 Å². The van der Waals surface area contributed by atoms with Crippen molar-refractivity contribution in [3.05, 3.63) is 33.9 Å². The van der Waals surface area contributed by atoms with Crippen molar-refractivity contribution in [2.45, 2.75) is 32.6 Å². The molecule has 124 valence electrons. The molecule has 1 fully saturated rings. The molecule has 7 heteroatoms. The molecule has 1 aromatic carbocycles. The zero-order chi connectivity index (χ0) is 16.8. The van der Waals surface area contributed by atoms with Crippen molar-refractivity contribution in [3.8, 4) is 0 Å². The summed E-state index contributed by atoms with van der Waals surface area (Å²) >= 11 is 0. The molecule has 0 N–H and O–H groups in total. The van der Waals surface area contributed by atoms with Crippen LogP contribution in [0.5, 0.6) is 0 Å². The van der Waals surface area contributed by atoms with E-state index in [1.54, 1.807) is 6.07 Å². The maximum Gasteiger partial charge on any atom is 0.338 e. The minimum atomic E-state index is -0.731. The van der Waals surface area contributed by atoms with E-state index in [9.17, 15) is 19.7 Å². The number of nitrogens with zero attached hydrogens (tertiary/aromatic N) is 2. The molecule has 1 aliphatic rings. The number of nitro benzene ring substituents is 1. The molecule has 23 heavy (non-hydrogen) atoms. The first-order valence-electron chi connectivity index (χ1n) is 7.69. The van der Waals surface area contributed by atoms with Crippen LogP contribution in [0.4, 0.5) is 11.4 Å². The van der Waals surface area contributed by atoms with Gasteiger partial charge in [0.25, 0.3) is 5.69 Å². The molecule has 0 radical (unpaired) electrons. The van der Waals surface area contributed by atoms with Gasteiger partial charge in [-0.15, -0.1) is 0 Å². The Morgan fingerprint density at radius 2 is 1.87 bits per heavy atom. The molecular weight excluding hydrogens is 300 g/mol. The average molecular weight is 320 g/mol. The quantitative estimate of drug-likeness (QED) is 0.471. The van der Waals surface area contributed by atoms with Crippen LogP contribution in [0.2, 0.25) is 0 Å². The lowest BCUT2D eigenvalue weighted by molar-refractivity contribution is -0.384. The minimum Gasteiger partial charge on any atom is -0.454 e. The second-order valence-corrected chi connectivity index (χ2v) is 5.64. The molecule has 2 rings (SSSR count). The molecule has 0 amide bonds. The van der Waals surface area contributed by atoms with E-state index >= 15 is 0 Å². The number of nitro groups is 1. The van der Waals surface area contributed by atoms with Crippen LogP contribution < -0.4 is 4.90 Å². The van der Waals surface area contributed by atoms with Gasteiger partial charge in [0, 0.05) is 19.2 Å². The molecule has 0 aromatic heterocycles. The van der Waals surface area contributed by atoms with Crippen molar-refractivity contribution in [2.75, 3.05) is 24.6 Å². The van der Waals surface area contributed by atoms with Gasteiger partial charge in [-0.2, -0.15) is 0 Å². The zero-order valence-electron chi connectivity index (χ0n) is 13.1. The van der Waals surface area contributed by atoms with Gasteiger partial charge in [-0.25, -0.2) is 4.79 Å². The number of hydrogen-bond donors (Lipinski definition) is 0. The number of benzene rings is 1. The number of ether oxygens (including phenoxy) is 1. The van der Waals surface area contributed by atoms with Gasteiger partial charge < -0.3 is 9.64 Å². The predicted molar refractivity (Wildman–Crippen MR) is 84.7 cm³/mol. The van der Waals surface area contributed by atoms with Crippen molar-refractivity contribution < 1.29 is 19.2 Å². The molecule has 1 heterocycles. The molecule has 7 nitrogen and oxygen atoms in total. The van der Waals surface area contributed by atoms with E-state index in [0.29, 0.717) is 5.69 Å². The molecule has 0 bridgehead atoms. The summed E-state index contributed by atoms with van der Waals surface area (Å²) in [6.07, 6.45) is 4.25. The number of esters is 1. The normalized spacial score (nSPS) is 14.9. The van der Waals surface area contributed by atoms with Crippen LogP contribution in [0.25, 0.3) is 0 Å². The average Bonchev–Trinajstić information content (AvgIpc) is 2.81. The summed E-state index contributed by atoms with van der Waals surface area (Å²) in [6, 6.07) is 4.33. The number of carbonyl (C=O) groups excluding carboxylic acids is 2. The van der Waals surface area contributed by atoms with Gasteiger partial charge in [0.05, 0.1) is 10.5 Å². The van der Waals surface area contributed by atoms with Crippen molar-refractivity contribution in [2.24, 2.45) is 0 Å². The van der Waals surface area contributed by atoms with Crippen molar-refractivity contribution >= 4 is 23.1 Å². The number of anilines is 1. The van der Waals surface area contributed by atoms with Crippen LogP contribution in [0.15, 0.2) is 18.2 Å². The third-order valence-electron chi connectivity index (χ3n) is 3.76. The molecule has 0 aliphatic carbocycles. The SMILES string of the molecule is CC(=O)COC(=O)c1ccc(N2CCCCCC2)c([N+](=O)[O-])c1. The lowest BCUT2D eigenvalue weighted by atomic mass is 10.1. The standard InChI is InChI=1S/C16H20N2O5/c1-12(19)11-23-16(20)13-6-7-14(15(10-13)18(21)22)17-8-4-2-3-5-9-17/h6-7,10H,2-5,8-9,11H2,1H3. The summed E-state index contributed by atoms with van der Waals surface area (Å²) in [5.74, 6) is -1.01. The van der Waals surface area contributed by atoms with Crippen LogP contribution in [0, 0.1) is 10.1 Å². The Bertz CT molecular complexity index is 606. The molecule has 0 atom stereocenters. The summed E-state index contributed by atoms with van der Waals surface area (Å²) < 4.78 is 4.80. The highest BCUT2D eigenvalue weighted by atomic mass is 16.6. The highest BCUT2D eigenvalue weighted by Gasteiger charge is 2.23. The fourth-order valence-corrected chi connectivity index (χ4v) is 2.63. The molecule has 1 aliphatic heterocycles. The van der Waals surface area contributed by atoms with Crippen molar-refractivity contribution in [1.29, 1.82) is 0 Å². The monoisotopic (exact) mass is 320 g/mol.